The van der Waals surface area contributed by atoms with Gasteiger partial charge in [-0.2, -0.15) is 0 Å². The number of thiocarbonyl (C=S) groups is 1. The van der Waals surface area contributed by atoms with Crippen LogP contribution in [0.15, 0.2) is 42.5 Å². The van der Waals surface area contributed by atoms with Crippen LogP contribution < -0.4 is 10.2 Å². The monoisotopic (exact) mass is 343 g/mol. The van der Waals surface area contributed by atoms with Crippen molar-refractivity contribution >= 4 is 28.7 Å². The van der Waals surface area contributed by atoms with E-state index in [1.54, 1.807) is 18.2 Å². The Bertz CT molecular complexity index is 739. The Hall–Kier alpha value is -2.14. The predicted molar refractivity (Wildman–Crippen MR) is 102 cm³/mol. The van der Waals surface area contributed by atoms with E-state index in [1.165, 1.54) is 22.9 Å². The summed E-state index contributed by atoms with van der Waals surface area (Å²) in [5.74, 6) is -0.283. The van der Waals surface area contributed by atoms with Crippen molar-refractivity contribution in [2.24, 2.45) is 0 Å². The number of rotatable bonds is 2. The van der Waals surface area contributed by atoms with Crippen molar-refractivity contribution < 1.29 is 4.39 Å². The van der Waals surface area contributed by atoms with Gasteiger partial charge in [0.25, 0.3) is 0 Å². The van der Waals surface area contributed by atoms with E-state index in [0.29, 0.717) is 10.8 Å². The number of hydrogen-bond donors (Lipinski definition) is 1. The van der Waals surface area contributed by atoms with Crippen molar-refractivity contribution in [3.8, 4) is 0 Å². The number of nitrogens with zero attached hydrogens (tertiary/aromatic N) is 2. The summed E-state index contributed by atoms with van der Waals surface area (Å²) < 4.78 is 13.7. The summed E-state index contributed by atoms with van der Waals surface area (Å²) in [6, 6.07) is 13.0. The fourth-order valence-corrected chi connectivity index (χ4v) is 3.28. The molecule has 0 aliphatic carbocycles. The minimum atomic E-state index is -0.283. The Balaban J connectivity index is 1.62. The van der Waals surface area contributed by atoms with Gasteiger partial charge in [-0.15, -0.1) is 0 Å². The van der Waals surface area contributed by atoms with E-state index in [2.05, 4.69) is 47.2 Å². The summed E-state index contributed by atoms with van der Waals surface area (Å²) in [5.41, 5.74) is 4.37. The lowest BCUT2D eigenvalue weighted by atomic mass is 10.1. The number of halogens is 1. The number of aryl methyl sites for hydroxylation is 1. The van der Waals surface area contributed by atoms with E-state index in [1.807, 2.05) is 0 Å². The molecule has 5 heteroatoms. The van der Waals surface area contributed by atoms with Gasteiger partial charge in [-0.3, -0.25) is 0 Å². The normalized spacial score (nSPS) is 14.6. The Labute approximate surface area is 148 Å². The molecule has 0 radical (unpaired) electrons. The molecule has 0 spiro atoms. The van der Waals surface area contributed by atoms with Crippen LogP contribution in [-0.2, 0) is 0 Å². The van der Waals surface area contributed by atoms with Gasteiger partial charge in [-0.05, 0) is 55.4 Å². The third-order valence-corrected chi connectivity index (χ3v) is 4.96. The van der Waals surface area contributed by atoms with Crippen LogP contribution in [0.3, 0.4) is 0 Å². The van der Waals surface area contributed by atoms with Gasteiger partial charge < -0.3 is 15.1 Å². The van der Waals surface area contributed by atoms with Gasteiger partial charge >= 0.3 is 0 Å². The molecule has 126 valence electrons. The molecule has 0 aromatic heterocycles. The maximum atomic E-state index is 13.7. The van der Waals surface area contributed by atoms with Crippen LogP contribution in [0.25, 0.3) is 0 Å². The van der Waals surface area contributed by atoms with Crippen LogP contribution in [0.4, 0.5) is 15.8 Å². The van der Waals surface area contributed by atoms with E-state index in [4.69, 9.17) is 12.2 Å². The number of nitrogens with one attached hydrogen (secondary N) is 1. The summed E-state index contributed by atoms with van der Waals surface area (Å²) in [7, 11) is 0. The zero-order valence-corrected chi connectivity index (χ0v) is 14.9. The molecule has 2 aromatic rings. The first-order valence-electron chi connectivity index (χ1n) is 8.18. The van der Waals surface area contributed by atoms with Gasteiger partial charge in [0.15, 0.2) is 5.11 Å². The molecule has 1 N–H and O–H groups in total. The first kappa shape index (κ1) is 16.7. The fourth-order valence-electron chi connectivity index (χ4n) is 2.99. The Morgan fingerprint density at radius 1 is 1.00 bits per heavy atom. The maximum Gasteiger partial charge on any atom is 0.173 e. The molecule has 0 saturated carbocycles. The van der Waals surface area contributed by atoms with E-state index in [0.717, 1.165) is 26.2 Å². The van der Waals surface area contributed by atoms with Crippen LogP contribution in [-0.4, -0.2) is 36.2 Å². The number of piperazine rings is 1. The highest BCUT2D eigenvalue weighted by Crippen LogP contribution is 2.24. The Morgan fingerprint density at radius 3 is 2.42 bits per heavy atom. The van der Waals surface area contributed by atoms with Gasteiger partial charge in [0.05, 0.1) is 5.69 Å². The second kappa shape index (κ2) is 7.18. The average Bonchev–Trinajstić information content (AvgIpc) is 2.59. The first-order chi connectivity index (χ1) is 11.6. The lowest BCUT2D eigenvalue weighted by molar-refractivity contribution is 0.390. The van der Waals surface area contributed by atoms with Gasteiger partial charge in [-0.25, -0.2) is 4.39 Å². The number of para-hydroxylation sites is 1. The molecule has 2 aromatic carbocycles. The van der Waals surface area contributed by atoms with E-state index in [-0.39, 0.29) is 5.82 Å². The van der Waals surface area contributed by atoms with Crippen molar-refractivity contribution in [1.82, 2.24) is 4.90 Å². The molecule has 1 fully saturated rings. The van der Waals surface area contributed by atoms with Crippen LogP contribution in [0.5, 0.6) is 0 Å². The van der Waals surface area contributed by atoms with Crippen LogP contribution in [0, 0.1) is 19.7 Å². The van der Waals surface area contributed by atoms with Crippen LogP contribution >= 0.6 is 12.2 Å². The summed E-state index contributed by atoms with van der Waals surface area (Å²) in [6.45, 7) is 7.78. The minimum absolute atomic E-state index is 0.283. The highest BCUT2D eigenvalue weighted by Gasteiger charge is 2.20. The second-order valence-electron chi connectivity index (χ2n) is 6.10. The quantitative estimate of drug-likeness (QED) is 0.832. The summed E-state index contributed by atoms with van der Waals surface area (Å²) in [6.07, 6.45) is 0. The molecule has 1 aliphatic rings. The molecule has 0 unspecified atom stereocenters. The second-order valence-corrected chi connectivity index (χ2v) is 6.49. The topological polar surface area (TPSA) is 18.5 Å². The van der Waals surface area contributed by atoms with Crippen LogP contribution in [0.1, 0.15) is 11.1 Å². The lowest BCUT2D eigenvalue weighted by Gasteiger charge is -2.38. The van der Waals surface area contributed by atoms with Gasteiger partial charge in [0.2, 0.25) is 0 Å². The average molecular weight is 343 g/mol. The molecule has 0 amide bonds. The highest BCUT2D eigenvalue weighted by molar-refractivity contribution is 7.80. The lowest BCUT2D eigenvalue weighted by Crippen LogP contribution is -2.50. The summed E-state index contributed by atoms with van der Waals surface area (Å²) in [5, 5.41) is 3.60. The van der Waals surface area contributed by atoms with E-state index >= 15 is 0 Å². The number of hydrogen-bond acceptors (Lipinski definition) is 2. The minimum Gasteiger partial charge on any atom is -0.368 e. The summed E-state index contributed by atoms with van der Waals surface area (Å²) >= 11 is 5.45. The molecule has 3 rings (SSSR count). The molecule has 0 atom stereocenters. The van der Waals surface area contributed by atoms with Gasteiger partial charge in [-0.1, -0.05) is 24.3 Å². The zero-order valence-electron chi connectivity index (χ0n) is 14.1. The molecule has 3 nitrogen and oxygen atoms in total. The smallest absolute Gasteiger partial charge is 0.173 e. The predicted octanol–water partition coefficient (Wildman–Crippen LogP) is 3.96. The SMILES string of the molecule is Cc1cccc(N2CCN(C(=S)Nc3ccccc3F)CC2)c1C. The van der Waals surface area contributed by atoms with Crippen molar-refractivity contribution in [3.63, 3.8) is 0 Å². The number of anilines is 2. The Morgan fingerprint density at radius 2 is 1.71 bits per heavy atom. The van der Waals surface area contributed by atoms with Crippen molar-refractivity contribution in [2.75, 3.05) is 36.4 Å². The molecular weight excluding hydrogens is 321 g/mol. The van der Waals surface area contributed by atoms with Gasteiger partial charge in [0, 0.05) is 31.9 Å². The summed E-state index contributed by atoms with van der Waals surface area (Å²) in [4.78, 5) is 4.49. The zero-order chi connectivity index (χ0) is 17.1. The third kappa shape index (κ3) is 3.51. The molecular formula is C19H22FN3S. The third-order valence-electron chi connectivity index (χ3n) is 4.60. The van der Waals surface area contributed by atoms with E-state index in [9.17, 15) is 4.39 Å². The van der Waals surface area contributed by atoms with Crippen LogP contribution in [0.2, 0.25) is 0 Å². The Kier molecular flexibility index (Phi) is 5.00. The fraction of sp³-hybridized carbons (Fsp3) is 0.316. The van der Waals surface area contributed by atoms with E-state index < -0.39 is 0 Å². The van der Waals surface area contributed by atoms with Crippen molar-refractivity contribution in [2.45, 2.75) is 13.8 Å². The maximum absolute atomic E-state index is 13.7. The van der Waals surface area contributed by atoms with Gasteiger partial charge in [0.1, 0.15) is 5.82 Å². The molecule has 1 aliphatic heterocycles. The highest BCUT2D eigenvalue weighted by atomic mass is 32.1. The van der Waals surface area contributed by atoms with Crippen molar-refractivity contribution in [3.05, 3.63) is 59.4 Å². The molecule has 0 bridgehead atoms. The van der Waals surface area contributed by atoms with Crippen molar-refractivity contribution in [1.29, 1.82) is 0 Å². The molecule has 1 saturated heterocycles. The number of benzene rings is 2. The largest absolute Gasteiger partial charge is 0.368 e. The standard InChI is InChI=1S/C19H22FN3S/c1-14-6-5-9-18(15(14)2)22-10-12-23(13-11-22)19(24)21-17-8-4-3-7-16(17)20/h3-9H,10-13H2,1-2H3,(H,21,24). The molecule has 1 heterocycles. The first-order valence-corrected chi connectivity index (χ1v) is 8.58. The molecule has 24 heavy (non-hydrogen) atoms.